The Morgan fingerprint density at radius 3 is 2.17 bits per heavy atom. The highest BCUT2D eigenvalue weighted by Gasteiger charge is 2.27. The Hall–Kier alpha value is -2.74. The van der Waals surface area contributed by atoms with Gasteiger partial charge < -0.3 is 24.8 Å². The highest BCUT2D eigenvalue weighted by atomic mass is 32.1. The minimum atomic E-state index is -0.329. The summed E-state index contributed by atoms with van der Waals surface area (Å²) < 4.78 is 17.1. The maximum Gasteiger partial charge on any atom is 0.256 e. The monoisotopic (exact) mass is 432 g/mol. The average molecular weight is 433 g/mol. The number of nitrogens with one attached hydrogen (secondary N) is 2. The molecule has 0 atom stereocenters. The molecule has 2 aromatic rings. The van der Waals surface area contributed by atoms with Gasteiger partial charge in [0.15, 0.2) is 11.5 Å². The molecule has 30 heavy (non-hydrogen) atoms. The third kappa shape index (κ3) is 4.38. The fraction of sp³-hybridized carbons (Fsp3) is 0.455. The summed E-state index contributed by atoms with van der Waals surface area (Å²) in [5.41, 5.74) is 2.00. The molecule has 0 aliphatic heterocycles. The van der Waals surface area contributed by atoms with E-state index in [1.54, 1.807) is 19.2 Å². The van der Waals surface area contributed by atoms with Crippen molar-refractivity contribution in [3.8, 4) is 17.2 Å². The van der Waals surface area contributed by atoms with E-state index in [1.807, 2.05) is 20.8 Å². The van der Waals surface area contributed by atoms with E-state index in [4.69, 9.17) is 14.2 Å². The Morgan fingerprint density at radius 1 is 0.967 bits per heavy atom. The quantitative estimate of drug-likeness (QED) is 0.624. The molecule has 1 aliphatic carbocycles. The first-order chi connectivity index (χ1) is 14.5. The van der Waals surface area contributed by atoms with Crippen molar-refractivity contribution >= 4 is 28.2 Å². The Bertz CT molecular complexity index is 911. The normalized spacial score (nSPS) is 12.3. The van der Waals surface area contributed by atoms with E-state index in [-0.39, 0.29) is 11.8 Å². The molecule has 1 heterocycles. The number of hydrogen-bond acceptors (Lipinski definition) is 6. The summed E-state index contributed by atoms with van der Waals surface area (Å²) in [4.78, 5) is 26.7. The smallest absolute Gasteiger partial charge is 0.256 e. The number of carbonyl (C=O) groups is 2. The van der Waals surface area contributed by atoms with Crippen LogP contribution in [0, 0.1) is 0 Å². The Kier molecular flexibility index (Phi) is 7.20. The molecule has 0 fully saturated rings. The number of anilines is 1. The lowest BCUT2D eigenvalue weighted by molar-refractivity contribution is 0.0963. The van der Waals surface area contributed by atoms with Crippen LogP contribution in [-0.4, -0.2) is 38.7 Å². The van der Waals surface area contributed by atoms with Gasteiger partial charge in [-0.25, -0.2) is 0 Å². The van der Waals surface area contributed by atoms with Gasteiger partial charge in [0.1, 0.15) is 5.00 Å². The molecule has 1 aromatic carbocycles. The third-order valence-corrected chi connectivity index (χ3v) is 5.98. The van der Waals surface area contributed by atoms with Crippen molar-refractivity contribution in [1.29, 1.82) is 0 Å². The molecule has 2 N–H and O–H groups in total. The third-order valence-electron chi connectivity index (χ3n) is 4.77. The van der Waals surface area contributed by atoms with E-state index in [2.05, 4.69) is 10.6 Å². The molecule has 0 saturated heterocycles. The molecule has 1 aromatic heterocycles. The first-order valence-electron chi connectivity index (χ1n) is 10.3. The maximum absolute atomic E-state index is 13.1. The van der Waals surface area contributed by atoms with Crippen LogP contribution >= 0.6 is 11.3 Å². The van der Waals surface area contributed by atoms with E-state index < -0.39 is 0 Å². The van der Waals surface area contributed by atoms with Crippen LogP contribution in [-0.2, 0) is 12.8 Å². The molecule has 0 saturated carbocycles. The molecule has 2 amide bonds. The molecule has 1 aliphatic rings. The summed E-state index contributed by atoms with van der Waals surface area (Å²) in [6.45, 7) is 6.91. The van der Waals surface area contributed by atoms with Crippen LogP contribution in [0.4, 0.5) is 5.00 Å². The van der Waals surface area contributed by atoms with Gasteiger partial charge in [0.2, 0.25) is 5.75 Å². The standard InChI is InChI=1S/C22H28N2O5S/c1-5-27-15-11-13(12-16(28-6-2)19(15)29-7-3)20(25)24-22-18(21(26)23-4)14-9-8-10-17(14)30-22/h11-12H,5-10H2,1-4H3,(H,23,26)(H,24,25). The average Bonchev–Trinajstić information content (AvgIpc) is 3.30. The predicted octanol–water partition coefficient (Wildman–Crippen LogP) is 4.04. The first kappa shape index (κ1) is 22.0. The second kappa shape index (κ2) is 9.84. The van der Waals surface area contributed by atoms with Gasteiger partial charge in [-0.3, -0.25) is 9.59 Å². The summed E-state index contributed by atoms with van der Waals surface area (Å²) in [7, 11) is 1.60. The van der Waals surface area contributed by atoms with E-state index >= 15 is 0 Å². The van der Waals surface area contributed by atoms with Gasteiger partial charge in [0, 0.05) is 17.5 Å². The lowest BCUT2D eigenvalue weighted by Gasteiger charge is -2.17. The van der Waals surface area contributed by atoms with Crippen molar-refractivity contribution in [3.05, 3.63) is 33.7 Å². The Balaban J connectivity index is 1.97. The molecule has 0 bridgehead atoms. The minimum Gasteiger partial charge on any atom is -0.490 e. The van der Waals surface area contributed by atoms with Crippen LogP contribution < -0.4 is 24.8 Å². The van der Waals surface area contributed by atoms with Crippen LogP contribution in [0.15, 0.2) is 12.1 Å². The lowest BCUT2D eigenvalue weighted by Crippen LogP contribution is -2.21. The molecule has 8 heteroatoms. The SMILES string of the molecule is CCOc1cc(C(=O)Nc2sc3c(c2C(=O)NC)CCC3)cc(OCC)c1OCC. The molecular weight excluding hydrogens is 404 g/mol. The summed E-state index contributed by atoms with van der Waals surface area (Å²) in [6.07, 6.45) is 2.83. The first-order valence-corrected chi connectivity index (χ1v) is 11.1. The van der Waals surface area contributed by atoms with Crippen molar-refractivity contribution in [2.75, 3.05) is 32.2 Å². The van der Waals surface area contributed by atoms with Gasteiger partial charge in [-0.15, -0.1) is 11.3 Å². The van der Waals surface area contributed by atoms with Gasteiger partial charge in [-0.05, 0) is 57.7 Å². The summed E-state index contributed by atoms with van der Waals surface area (Å²) in [6, 6.07) is 3.29. The van der Waals surface area contributed by atoms with Gasteiger partial charge in [-0.1, -0.05) is 0 Å². The van der Waals surface area contributed by atoms with Crippen LogP contribution in [0.2, 0.25) is 0 Å². The van der Waals surface area contributed by atoms with Crippen molar-refractivity contribution in [3.63, 3.8) is 0 Å². The van der Waals surface area contributed by atoms with Crippen molar-refractivity contribution in [2.45, 2.75) is 40.0 Å². The Morgan fingerprint density at radius 2 is 1.60 bits per heavy atom. The molecule has 0 unspecified atom stereocenters. The predicted molar refractivity (Wildman–Crippen MR) is 118 cm³/mol. The zero-order valence-corrected chi connectivity index (χ0v) is 18.7. The van der Waals surface area contributed by atoms with E-state index in [0.29, 0.717) is 53.2 Å². The molecular formula is C22H28N2O5S. The zero-order valence-electron chi connectivity index (χ0n) is 17.8. The van der Waals surface area contributed by atoms with Gasteiger partial charge in [-0.2, -0.15) is 0 Å². The fourth-order valence-corrected chi connectivity index (χ4v) is 4.83. The van der Waals surface area contributed by atoms with E-state index in [0.717, 1.165) is 24.8 Å². The van der Waals surface area contributed by atoms with Crippen LogP contribution in [0.1, 0.15) is 58.3 Å². The zero-order chi connectivity index (χ0) is 21.7. The van der Waals surface area contributed by atoms with Crippen LogP contribution in [0.5, 0.6) is 17.2 Å². The van der Waals surface area contributed by atoms with Crippen molar-refractivity contribution in [1.82, 2.24) is 5.32 Å². The summed E-state index contributed by atoms with van der Waals surface area (Å²) in [5, 5.41) is 6.19. The topological polar surface area (TPSA) is 85.9 Å². The number of aryl methyl sites for hydroxylation is 1. The molecule has 0 radical (unpaired) electrons. The van der Waals surface area contributed by atoms with Crippen molar-refractivity contribution < 1.29 is 23.8 Å². The molecule has 3 rings (SSSR count). The number of rotatable bonds is 9. The van der Waals surface area contributed by atoms with Crippen LogP contribution in [0.3, 0.4) is 0 Å². The maximum atomic E-state index is 13.1. The highest BCUT2D eigenvalue weighted by Crippen LogP contribution is 2.41. The number of carbonyl (C=O) groups excluding carboxylic acids is 2. The summed E-state index contributed by atoms with van der Waals surface area (Å²) >= 11 is 1.48. The number of amides is 2. The minimum absolute atomic E-state index is 0.179. The second-order valence-corrected chi connectivity index (χ2v) is 7.80. The Labute approximate surface area is 180 Å². The lowest BCUT2D eigenvalue weighted by atomic mass is 10.1. The fourth-order valence-electron chi connectivity index (χ4n) is 3.55. The number of thiophene rings is 1. The largest absolute Gasteiger partial charge is 0.490 e. The van der Waals surface area contributed by atoms with Crippen LogP contribution in [0.25, 0.3) is 0 Å². The number of fused-ring (bicyclic) bond motifs is 1. The highest BCUT2D eigenvalue weighted by molar-refractivity contribution is 7.17. The molecule has 0 spiro atoms. The van der Waals surface area contributed by atoms with E-state index in [9.17, 15) is 9.59 Å². The van der Waals surface area contributed by atoms with Gasteiger partial charge in [0.05, 0.1) is 25.4 Å². The van der Waals surface area contributed by atoms with E-state index in [1.165, 1.54) is 16.2 Å². The number of benzene rings is 1. The van der Waals surface area contributed by atoms with Crippen molar-refractivity contribution in [2.24, 2.45) is 0 Å². The van der Waals surface area contributed by atoms with Gasteiger partial charge in [0.25, 0.3) is 11.8 Å². The second-order valence-electron chi connectivity index (χ2n) is 6.70. The number of ether oxygens (including phenoxy) is 3. The van der Waals surface area contributed by atoms with Gasteiger partial charge >= 0.3 is 0 Å². The summed E-state index contributed by atoms with van der Waals surface area (Å²) in [5.74, 6) is 0.886. The molecule has 7 nitrogen and oxygen atoms in total. The number of hydrogen-bond donors (Lipinski definition) is 2. The molecule has 162 valence electrons.